The molecule has 0 unspecified atom stereocenters. The minimum Gasteiger partial charge on any atom is -0.450 e. The number of aliphatic hydroxyl groups excluding tert-OH is 1. The zero-order valence-electron chi connectivity index (χ0n) is 14.8. The zero-order chi connectivity index (χ0) is 20.0. The molecule has 0 bridgehead atoms. The molecule has 1 fully saturated rings. The molecule has 0 aromatic carbocycles. The highest BCUT2D eigenvalue weighted by molar-refractivity contribution is 6.28. The van der Waals surface area contributed by atoms with E-state index >= 15 is 0 Å². The Balaban J connectivity index is 0.000000321. The number of halogens is 1. The number of fused-ring (bicyclic) bond motifs is 1. The number of aliphatic hydroxyl groups is 1. The van der Waals surface area contributed by atoms with E-state index < -0.39 is 11.8 Å². The number of rotatable bonds is 4. The van der Waals surface area contributed by atoms with Crippen LogP contribution in [0, 0.1) is 12.3 Å². The second-order valence-corrected chi connectivity index (χ2v) is 6.20. The Labute approximate surface area is 161 Å². The summed E-state index contributed by atoms with van der Waals surface area (Å²) in [6, 6.07) is 1.80. The second-order valence-electron chi connectivity index (χ2n) is 5.86. The summed E-state index contributed by atoms with van der Waals surface area (Å²) in [4.78, 5) is 17.6. The van der Waals surface area contributed by atoms with E-state index in [1.165, 1.54) is 0 Å². The van der Waals surface area contributed by atoms with Crippen molar-refractivity contribution in [3.63, 3.8) is 0 Å². The van der Waals surface area contributed by atoms with Crippen LogP contribution >= 0.6 is 11.6 Å². The largest absolute Gasteiger partial charge is 0.505 e. The lowest BCUT2D eigenvalue weighted by atomic mass is 10.0. The average molecular weight is 397 g/mol. The number of aromatic nitrogens is 3. The van der Waals surface area contributed by atoms with Crippen molar-refractivity contribution in [1.82, 2.24) is 14.5 Å². The van der Waals surface area contributed by atoms with Crippen molar-refractivity contribution in [3.05, 3.63) is 17.5 Å². The van der Waals surface area contributed by atoms with Crippen molar-refractivity contribution in [2.24, 2.45) is 0 Å². The molecule has 1 saturated heterocycles. The third-order valence-electron chi connectivity index (χ3n) is 3.99. The fraction of sp³-hybridized carbons (Fsp3) is 0.471. The van der Waals surface area contributed by atoms with E-state index in [-0.39, 0.29) is 18.1 Å². The van der Waals surface area contributed by atoms with E-state index in [4.69, 9.17) is 33.6 Å². The van der Waals surface area contributed by atoms with Gasteiger partial charge in [0.05, 0.1) is 18.6 Å². The predicted octanol–water partition coefficient (Wildman–Crippen LogP) is 2.43. The molecule has 10 heteroatoms. The molecular formula is C17H21ClN4O5. The first-order chi connectivity index (χ1) is 12.9. The Bertz CT molecular complexity index is 850. The highest BCUT2D eigenvalue weighted by atomic mass is 35.5. The molecule has 0 radical (unpaired) electrons. The third kappa shape index (κ3) is 4.80. The first-order valence-corrected chi connectivity index (χ1v) is 8.65. The molecule has 2 aromatic heterocycles. The molecule has 0 spiro atoms. The summed E-state index contributed by atoms with van der Waals surface area (Å²) >= 11 is 5.84. The van der Waals surface area contributed by atoms with E-state index in [2.05, 4.69) is 20.6 Å². The first kappa shape index (κ1) is 20.8. The van der Waals surface area contributed by atoms with Crippen molar-refractivity contribution >= 4 is 34.6 Å². The third-order valence-corrected chi connectivity index (χ3v) is 4.16. The van der Waals surface area contributed by atoms with Crippen LogP contribution in [0.15, 0.2) is 12.3 Å². The predicted molar refractivity (Wildman–Crippen MR) is 99.2 cm³/mol. The first-order valence-electron chi connectivity index (χ1n) is 8.27. The topological polar surface area (TPSA) is 133 Å². The van der Waals surface area contributed by atoms with Gasteiger partial charge in [-0.15, -0.1) is 6.42 Å². The second kappa shape index (κ2) is 8.90. The smallest absolute Gasteiger partial charge is 0.450 e. The number of carboxylic acid groups (broad SMARTS) is 1. The number of carbonyl (C=O) groups is 1. The summed E-state index contributed by atoms with van der Waals surface area (Å²) < 4.78 is 11.7. The fourth-order valence-electron chi connectivity index (χ4n) is 2.65. The number of nitrogen functional groups attached to an aromatic ring is 1. The van der Waals surface area contributed by atoms with E-state index in [1.54, 1.807) is 12.3 Å². The molecule has 1 aliphatic rings. The highest BCUT2D eigenvalue weighted by Gasteiger charge is 2.39. The van der Waals surface area contributed by atoms with E-state index in [1.807, 2.05) is 11.5 Å². The lowest BCUT2D eigenvalue weighted by molar-refractivity contribution is -0.0615. The Hall–Kier alpha value is -2.54. The van der Waals surface area contributed by atoms with Crippen LogP contribution in [0.25, 0.3) is 11.0 Å². The van der Waals surface area contributed by atoms with Crippen LogP contribution in [-0.4, -0.2) is 49.7 Å². The monoisotopic (exact) mass is 396 g/mol. The van der Waals surface area contributed by atoms with Crippen molar-refractivity contribution in [1.29, 1.82) is 0 Å². The molecule has 3 rings (SSSR count). The van der Waals surface area contributed by atoms with Crippen LogP contribution in [0.4, 0.5) is 10.6 Å². The molecule has 4 N–H and O–H groups in total. The number of hydrogen-bond donors (Lipinski definition) is 3. The SMILES string of the molecule is C#C[C@@]1(CO)CC[C@H](n2ccc3c(N)nc(Cl)nc32)O1.CCCOC(=O)O. The fourth-order valence-corrected chi connectivity index (χ4v) is 2.82. The Kier molecular flexibility index (Phi) is 6.85. The van der Waals surface area contributed by atoms with Gasteiger partial charge < -0.3 is 30.0 Å². The van der Waals surface area contributed by atoms with Crippen LogP contribution in [-0.2, 0) is 9.47 Å². The lowest BCUT2D eigenvalue weighted by Crippen LogP contribution is -2.31. The molecule has 0 amide bonds. The van der Waals surface area contributed by atoms with Crippen LogP contribution in [0.2, 0.25) is 5.28 Å². The van der Waals surface area contributed by atoms with Gasteiger partial charge in [0.15, 0.2) is 5.60 Å². The van der Waals surface area contributed by atoms with Crippen molar-refractivity contribution in [2.75, 3.05) is 18.9 Å². The standard InChI is InChI=1S/C13H13ClN4O2.C4H8O3/c1-2-13(7-19)5-3-9(20-13)18-6-4-8-10(15)16-12(14)17-11(8)18;1-2-3-7-4(5)6/h1,4,6,9,19H,3,5,7H2,(H2,15,16,17);2-3H2,1H3,(H,5,6)/t9-,13+;/m1./s1. The molecule has 146 valence electrons. The molecule has 0 aliphatic carbocycles. The quantitative estimate of drug-likeness (QED) is 0.407. The normalized spacial score (nSPS) is 21.3. The maximum atomic E-state index is 9.54. The van der Waals surface area contributed by atoms with Crippen molar-refractivity contribution in [2.45, 2.75) is 38.0 Å². The summed E-state index contributed by atoms with van der Waals surface area (Å²) in [7, 11) is 0. The van der Waals surface area contributed by atoms with Gasteiger partial charge in [0.1, 0.15) is 17.7 Å². The minimum absolute atomic E-state index is 0.0818. The van der Waals surface area contributed by atoms with Gasteiger partial charge in [0.25, 0.3) is 0 Å². The maximum absolute atomic E-state index is 9.54. The Morgan fingerprint density at radius 2 is 2.37 bits per heavy atom. The Morgan fingerprint density at radius 3 is 2.89 bits per heavy atom. The van der Waals surface area contributed by atoms with E-state index in [9.17, 15) is 9.90 Å². The van der Waals surface area contributed by atoms with Gasteiger partial charge in [0, 0.05) is 6.20 Å². The van der Waals surface area contributed by atoms with Gasteiger partial charge in [0.2, 0.25) is 5.28 Å². The van der Waals surface area contributed by atoms with E-state index in [0.29, 0.717) is 36.3 Å². The van der Waals surface area contributed by atoms with Crippen molar-refractivity contribution < 1.29 is 24.5 Å². The van der Waals surface area contributed by atoms with Gasteiger partial charge in [-0.1, -0.05) is 12.8 Å². The van der Waals surface area contributed by atoms with Gasteiger partial charge in [-0.25, -0.2) is 9.78 Å². The number of nitrogens with zero attached hydrogens (tertiary/aromatic N) is 3. The van der Waals surface area contributed by atoms with Crippen LogP contribution < -0.4 is 5.73 Å². The van der Waals surface area contributed by atoms with Crippen LogP contribution in [0.1, 0.15) is 32.4 Å². The number of nitrogens with two attached hydrogens (primary N) is 1. The lowest BCUT2D eigenvalue weighted by Gasteiger charge is -2.21. The summed E-state index contributed by atoms with van der Waals surface area (Å²) in [5, 5.41) is 18.0. The molecule has 2 aromatic rings. The average Bonchev–Trinajstić information content (AvgIpc) is 3.25. The van der Waals surface area contributed by atoms with Gasteiger partial charge in [-0.05, 0) is 36.9 Å². The molecule has 1 aliphatic heterocycles. The number of hydrogen-bond acceptors (Lipinski definition) is 7. The highest BCUT2D eigenvalue weighted by Crippen LogP contribution is 2.37. The van der Waals surface area contributed by atoms with E-state index in [0.717, 1.165) is 6.42 Å². The molecule has 0 saturated carbocycles. The number of anilines is 1. The zero-order valence-corrected chi connectivity index (χ0v) is 15.5. The summed E-state index contributed by atoms with van der Waals surface area (Å²) in [6.07, 6.45) is 7.75. The van der Waals surface area contributed by atoms with Crippen LogP contribution in [0.3, 0.4) is 0 Å². The summed E-state index contributed by atoms with van der Waals surface area (Å²) in [6.45, 7) is 1.94. The Morgan fingerprint density at radius 1 is 1.63 bits per heavy atom. The van der Waals surface area contributed by atoms with Crippen LogP contribution in [0.5, 0.6) is 0 Å². The summed E-state index contributed by atoms with van der Waals surface area (Å²) in [5.74, 6) is 2.84. The molecule has 2 atom stereocenters. The number of ether oxygens (including phenoxy) is 2. The van der Waals surface area contributed by atoms with Gasteiger partial charge in [-0.3, -0.25) is 0 Å². The summed E-state index contributed by atoms with van der Waals surface area (Å²) in [5.41, 5.74) is 5.48. The molecular weight excluding hydrogens is 376 g/mol. The molecule has 27 heavy (non-hydrogen) atoms. The maximum Gasteiger partial charge on any atom is 0.505 e. The van der Waals surface area contributed by atoms with Gasteiger partial charge in [-0.2, -0.15) is 4.98 Å². The molecule has 9 nitrogen and oxygen atoms in total. The molecule has 3 heterocycles. The minimum atomic E-state index is -1.19. The van der Waals surface area contributed by atoms with Gasteiger partial charge >= 0.3 is 6.16 Å². The number of terminal acetylenes is 1. The van der Waals surface area contributed by atoms with Crippen molar-refractivity contribution in [3.8, 4) is 12.3 Å².